The SMILES string of the molecule is C=CC1([SiH3])CCCCO1.[Pt].[Pt]. The van der Waals surface area contributed by atoms with Crippen molar-refractivity contribution in [3.8, 4) is 0 Å². The van der Waals surface area contributed by atoms with E-state index in [1.807, 2.05) is 6.08 Å². The van der Waals surface area contributed by atoms with Gasteiger partial charge in [-0.25, -0.2) is 0 Å². The number of rotatable bonds is 1. The molecule has 0 saturated carbocycles. The Morgan fingerprint density at radius 2 is 2.00 bits per heavy atom. The summed E-state index contributed by atoms with van der Waals surface area (Å²) in [5.74, 6) is 0. The summed E-state index contributed by atoms with van der Waals surface area (Å²) < 4.78 is 5.56. The minimum Gasteiger partial charge on any atom is -0.376 e. The van der Waals surface area contributed by atoms with Crippen LogP contribution in [-0.4, -0.2) is 22.1 Å². The van der Waals surface area contributed by atoms with Crippen LogP contribution in [0.1, 0.15) is 19.3 Å². The van der Waals surface area contributed by atoms with Crippen LogP contribution >= 0.6 is 0 Å². The zero-order chi connectivity index (χ0) is 6.74. The molecule has 11 heavy (non-hydrogen) atoms. The van der Waals surface area contributed by atoms with Crippen molar-refractivity contribution in [2.45, 2.75) is 24.5 Å². The van der Waals surface area contributed by atoms with E-state index in [2.05, 4.69) is 6.58 Å². The van der Waals surface area contributed by atoms with E-state index in [0.29, 0.717) is 0 Å². The predicted molar refractivity (Wildman–Crippen MR) is 42.7 cm³/mol. The summed E-state index contributed by atoms with van der Waals surface area (Å²) >= 11 is 0. The molecule has 1 aliphatic rings. The zero-order valence-electron chi connectivity index (χ0n) is 6.65. The third-order valence-corrected chi connectivity index (χ3v) is 3.13. The quantitative estimate of drug-likeness (QED) is 0.352. The molecule has 1 unspecified atom stereocenters. The van der Waals surface area contributed by atoms with Gasteiger partial charge in [0, 0.05) is 59.0 Å². The minimum absolute atomic E-state index is 0. The molecular formula is C7H14OPt2Si. The zero-order valence-corrected chi connectivity index (χ0v) is 13.2. The number of hydrogen-bond acceptors (Lipinski definition) is 1. The summed E-state index contributed by atoms with van der Waals surface area (Å²) in [7, 11) is 1.09. The third-order valence-electron chi connectivity index (χ3n) is 1.93. The molecule has 1 aliphatic heterocycles. The molecule has 1 nitrogen and oxygen atoms in total. The fraction of sp³-hybridized carbons (Fsp3) is 0.714. The van der Waals surface area contributed by atoms with Crippen molar-refractivity contribution in [2.24, 2.45) is 0 Å². The van der Waals surface area contributed by atoms with Gasteiger partial charge in [0.25, 0.3) is 0 Å². The Morgan fingerprint density at radius 1 is 1.36 bits per heavy atom. The molecule has 0 radical (unpaired) electrons. The van der Waals surface area contributed by atoms with Crippen LogP contribution < -0.4 is 0 Å². The molecule has 1 rings (SSSR count). The van der Waals surface area contributed by atoms with Gasteiger partial charge in [0.05, 0.1) is 5.22 Å². The van der Waals surface area contributed by atoms with Crippen LogP contribution in [0.4, 0.5) is 0 Å². The topological polar surface area (TPSA) is 9.23 Å². The van der Waals surface area contributed by atoms with Gasteiger partial charge in [-0.2, -0.15) is 0 Å². The maximum atomic E-state index is 5.56. The van der Waals surface area contributed by atoms with Gasteiger partial charge in [0.15, 0.2) is 0 Å². The molecule has 0 aliphatic carbocycles. The molecular weight excluding hydrogens is 518 g/mol. The molecule has 0 N–H and O–H groups in total. The maximum absolute atomic E-state index is 5.56. The smallest absolute Gasteiger partial charge is 0.0653 e. The van der Waals surface area contributed by atoms with Crippen molar-refractivity contribution in [2.75, 3.05) is 6.61 Å². The Labute approximate surface area is 100 Å². The van der Waals surface area contributed by atoms with Crippen molar-refractivity contribution in [3.63, 3.8) is 0 Å². The van der Waals surface area contributed by atoms with Crippen LogP contribution in [0.3, 0.4) is 0 Å². The molecule has 0 bridgehead atoms. The Balaban J connectivity index is 0. The van der Waals surface area contributed by atoms with E-state index in [9.17, 15) is 0 Å². The van der Waals surface area contributed by atoms with Crippen LogP contribution in [0.15, 0.2) is 12.7 Å². The van der Waals surface area contributed by atoms with Gasteiger partial charge in [0.2, 0.25) is 0 Å². The average molecular weight is 532 g/mol. The Morgan fingerprint density at radius 3 is 2.27 bits per heavy atom. The molecule has 72 valence electrons. The number of hydrogen-bond donors (Lipinski definition) is 0. The molecule has 4 heteroatoms. The van der Waals surface area contributed by atoms with Crippen molar-refractivity contribution < 1.29 is 46.9 Å². The Kier molecular flexibility index (Phi) is 9.11. The fourth-order valence-corrected chi connectivity index (χ4v) is 1.67. The molecule has 1 fully saturated rings. The summed E-state index contributed by atoms with van der Waals surface area (Å²) in [6.07, 6.45) is 5.72. The van der Waals surface area contributed by atoms with Crippen LogP contribution in [0, 0.1) is 0 Å². The second-order valence-corrected chi connectivity index (χ2v) is 4.52. The van der Waals surface area contributed by atoms with Gasteiger partial charge in [0.1, 0.15) is 0 Å². The third kappa shape index (κ3) is 4.77. The fourth-order valence-electron chi connectivity index (χ4n) is 1.12. The summed E-state index contributed by atoms with van der Waals surface area (Å²) in [5.41, 5.74) is 0. The van der Waals surface area contributed by atoms with Crippen molar-refractivity contribution in [1.82, 2.24) is 0 Å². The van der Waals surface area contributed by atoms with E-state index in [-0.39, 0.29) is 47.4 Å². The number of ether oxygens (including phenoxy) is 1. The van der Waals surface area contributed by atoms with E-state index in [1.54, 1.807) is 0 Å². The first kappa shape index (κ1) is 14.8. The molecule has 0 amide bonds. The van der Waals surface area contributed by atoms with E-state index < -0.39 is 0 Å². The van der Waals surface area contributed by atoms with Gasteiger partial charge in [-0.15, -0.1) is 6.58 Å². The maximum Gasteiger partial charge on any atom is 0.0653 e. The first-order valence-electron chi connectivity index (χ1n) is 3.54. The van der Waals surface area contributed by atoms with Crippen LogP contribution in [0.5, 0.6) is 0 Å². The van der Waals surface area contributed by atoms with Crippen molar-refractivity contribution >= 4 is 10.2 Å². The Hall–Kier alpha value is 1.29. The van der Waals surface area contributed by atoms with Crippen LogP contribution in [0.2, 0.25) is 0 Å². The molecule has 1 heterocycles. The van der Waals surface area contributed by atoms with Crippen molar-refractivity contribution in [3.05, 3.63) is 12.7 Å². The first-order valence-corrected chi connectivity index (χ1v) is 4.54. The molecule has 0 aromatic heterocycles. The summed E-state index contributed by atoms with van der Waals surface area (Å²) in [6.45, 7) is 4.71. The predicted octanol–water partition coefficient (Wildman–Crippen LogP) is 0.430. The molecule has 0 aromatic carbocycles. The standard InChI is InChI=1S/C7H14OSi.2Pt/c1-2-7(9)5-3-4-6-8-7;;/h2H,1,3-6H2,9H3;;. The second kappa shape index (κ2) is 6.77. The first-order chi connectivity index (χ1) is 4.27. The monoisotopic (exact) mass is 532 g/mol. The van der Waals surface area contributed by atoms with E-state index in [0.717, 1.165) is 16.8 Å². The van der Waals surface area contributed by atoms with Gasteiger partial charge in [-0.05, 0) is 19.3 Å². The van der Waals surface area contributed by atoms with Gasteiger partial charge < -0.3 is 4.74 Å². The van der Waals surface area contributed by atoms with Crippen LogP contribution in [0.25, 0.3) is 0 Å². The van der Waals surface area contributed by atoms with Crippen LogP contribution in [-0.2, 0) is 46.9 Å². The summed E-state index contributed by atoms with van der Waals surface area (Å²) in [4.78, 5) is 0. The van der Waals surface area contributed by atoms with E-state index in [4.69, 9.17) is 4.74 Å². The minimum atomic E-state index is 0. The molecule has 0 spiro atoms. The second-order valence-electron chi connectivity index (χ2n) is 2.82. The van der Waals surface area contributed by atoms with Gasteiger partial charge >= 0.3 is 0 Å². The molecule has 0 aromatic rings. The van der Waals surface area contributed by atoms with E-state index >= 15 is 0 Å². The summed E-state index contributed by atoms with van der Waals surface area (Å²) in [5, 5.41) is 0.123. The largest absolute Gasteiger partial charge is 0.376 e. The Bertz CT molecular complexity index is 113. The van der Waals surface area contributed by atoms with Gasteiger partial charge in [-0.1, -0.05) is 6.08 Å². The van der Waals surface area contributed by atoms with E-state index in [1.165, 1.54) is 19.3 Å². The van der Waals surface area contributed by atoms with Crippen molar-refractivity contribution in [1.29, 1.82) is 0 Å². The molecule has 1 saturated heterocycles. The molecule has 1 atom stereocenters. The average Bonchev–Trinajstić information content (AvgIpc) is 1.90. The van der Waals surface area contributed by atoms with Gasteiger partial charge in [-0.3, -0.25) is 0 Å². The summed E-state index contributed by atoms with van der Waals surface area (Å²) in [6, 6.07) is 0. The normalized spacial score (nSPS) is 29.8.